The highest BCUT2D eigenvalue weighted by molar-refractivity contribution is 9.10. The molecule has 2 rings (SSSR count). The van der Waals surface area contributed by atoms with E-state index in [9.17, 15) is 4.79 Å². The Balaban J connectivity index is 1.99. The van der Waals surface area contributed by atoms with Crippen molar-refractivity contribution in [3.05, 3.63) is 34.3 Å². The molecule has 1 saturated heterocycles. The minimum atomic E-state index is -0.689. The minimum absolute atomic E-state index is 0.275. The highest BCUT2D eigenvalue weighted by Crippen LogP contribution is 2.25. The van der Waals surface area contributed by atoms with Crippen molar-refractivity contribution in [2.24, 2.45) is 0 Å². The van der Waals surface area contributed by atoms with E-state index in [1.807, 2.05) is 6.07 Å². The third kappa shape index (κ3) is 4.32. The average molecular weight is 326 g/mol. The van der Waals surface area contributed by atoms with E-state index in [1.54, 1.807) is 0 Å². The summed E-state index contributed by atoms with van der Waals surface area (Å²) in [6.45, 7) is 1.98. The molecule has 1 fully saturated rings. The molecule has 1 N–H and O–H groups in total. The highest BCUT2D eigenvalue weighted by Gasteiger charge is 2.23. The van der Waals surface area contributed by atoms with Gasteiger partial charge < -0.3 is 5.11 Å². The van der Waals surface area contributed by atoms with Gasteiger partial charge in [-0.1, -0.05) is 40.5 Å². The van der Waals surface area contributed by atoms with Gasteiger partial charge in [0.2, 0.25) is 0 Å². The van der Waals surface area contributed by atoms with Crippen molar-refractivity contribution in [1.82, 2.24) is 4.90 Å². The molecule has 1 aromatic carbocycles. The summed E-state index contributed by atoms with van der Waals surface area (Å²) in [6.07, 6.45) is 4.60. The highest BCUT2D eigenvalue weighted by atomic mass is 79.9. The van der Waals surface area contributed by atoms with Crippen molar-refractivity contribution >= 4 is 21.9 Å². The maximum Gasteiger partial charge on any atom is 0.303 e. The summed E-state index contributed by atoms with van der Waals surface area (Å²) < 4.78 is 1.14. The first-order valence-electron chi connectivity index (χ1n) is 6.86. The molecule has 1 aliphatic heterocycles. The molecule has 4 heteroatoms. The lowest BCUT2D eigenvalue weighted by Gasteiger charge is -2.35. The summed E-state index contributed by atoms with van der Waals surface area (Å²) in [5.74, 6) is -0.689. The van der Waals surface area contributed by atoms with Gasteiger partial charge in [-0.15, -0.1) is 0 Å². The fourth-order valence-electron chi connectivity index (χ4n) is 2.73. The van der Waals surface area contributed by atoms with Gasteiger partial charge in [-0.05, 0) is 37.4 Å². The van der Waals surface area contributed by atoms with Crippen LogP contribution in [0.15, 0.2) is 28.7 Å². The van der Waals surface area contributed by atoms with E-state index < -0.39 is 5.97 Å². The van der Waals surface area contributed by atoms with Crippen LogP contribution in [0.25, 0.3) is 0 Å². The van der Waals surface area contributed by atoms with E-state index in [4.69, 9.17) is 5.11 Å². The van der Waals surface area contributed by atoms with Crippen LogP contribution in [0.5, 0.6) is 0 Å². The predicted molar refractivity (Wildman–Crippen MR) is 79.1 cm³/mol. The molecule has 1 aromatic rings. The van der Waals surface area contributed by atoms with Gasteiger partial charge in [0, 0.05) is 23.5 Å². The number of benzene rings is 1. The minimum Gasteiger partial charge on any atom is -0.481 e. The SMILES string of the molecule is O=C(O)CCC1CCCCN1Cc1ccccc1Br. The van der Waals surface area contributed by atoms with Crippen LogP contribution in [0.1, 0.15) is 37.7 Å². The smallest absolute Gasteiger partial charge is 0.303 e. The molecule has 0 saturated carbocycles. The molecule has 0 radical (unpaired) electrons. The molecule has 3 nitrogen and oxygen atoms in total. The van der Waals surface area contributed by atoms with E-state index in [1.165, 1.54) is 18.4 Å². The maximum absolute atomic E-state index is 10.7. The Morgan fingerprint density at radius 2 is 2.16 bits per heavy atom. The summed E-state index contributed by atoms with van der Waals surface area (Å²) >= 11 is 3.58. The number of carboxylic acids is 1. The second-order valence-electron chi connectivity index (χ2n) is 5.14. The van der Waals surface area contributed by atoms with Crippen molar-refractivity contribution in [3.8, 4) is 0 Å². The Hall–Kier alpha value is -0.870. The number of nitrogens with zero attached hydrogens (tertiary/aromatic N) is 1. The fourth-order valence-corrected chi connectivity index (χ4v) is 3.14. The maximum atomic E-state index is 10.7. The molecule has 0 bridgehead atoms. The molecule has 1 aliphatic rings. The van der Waals surface area contributed by atoms with E-state index in [-0.39, 0.29) is 6.42 Å². The molecule has 0 amide bonds. The number of rotatable bonds is 5. The number of likely N-dealkylation sites (tertiary alicyclic amines) is 1. The number of carboxylic acid groups (broad SMARTS) is 1. The lowest BCUT2D eigenvalue weighted by molar-refractivity contribution is -0.137. The molecule has 1 heterocycles. The molecule has 0 aromatic heterocycles. The van der Waals surface area contributed by atoms with E-state index in [0.29, 0.717) is 6.04 Å². The number of piperidine rings is 1. The topological polar surface area (TPSA) is 40.5 Å². The second-order valence-corrected chi connectivity index (χ2v) is 6.00. The Bertz CT molecular complexity index is 436. The predicted octanol–water partition coefficient (Wildman–Crippen LogP) is 3.67. The Morgan fingerprint density at radius 1 is 1.37 bits per heavy atom. The molecule has 19 heavy (non-hydrogen) atoms. The van der Waals surface area contributed by atoms with Crippen molar-refractivity contribution < 1.29 is 9.90 Å². The van der Waals surface area contributed by atoms with Crippen molar-refractivity contribution in [2.75, 3.05) is 6.54 Å². The van der Waals surface area contributed by atoms with Crippen LogP contribution in [0.4, 0.5) is 0 Å². The number of hydrogen-bond acceptors (Lipinski definition) is 2. The summed E-state index contributed by atoms with van der Waals surface area (Å²) in [6, 6.07) is 8.68. The van der Waals surface area contributed by atoms with Crippen molar-refractivity contribution in [3.63, 3.8) is 0 Å². The average Bonchev–Trinajstić information content (AvgIpc) is 2.40. The van der Waals surface area contributed by atoms with Gasteiger partial charge in [0.15, 0.2) is 0 Å². The van der Waals surface area contributed by atoms with Crippen LogP contribution < -0.4 is 0 Å². The summed E-state index contributed by atoms with van der Waals surface area (Å²) in [5.41, 5.74) is 1.28. The zero-order valence-corrected chi connectivity index (χ0v) is 12.6. The van der Waals surface area contributed by atoms with Crippen LogP contribution >= 0.6 is 15.9 Å². The van der Waals surface area contributed by atoms with E-state index >= 15 is 0 Å². The number of halogens is 1. The zero-order valence-electron chi connectivity index (χ0n) is 11.0. The Labute approximate surface area is 122 Å². The number of hydrogen-bond donors (Lipinski definition) is 1. The quantitative estimate of drug-likeness (QED) is 0.897. The van der Waals surface area contributed by atoms with Crippen LogP contribution in [0.3, 0.4) is 0 Å². The number of carbonyl (C=O) groups is 1. The van der Waals surface area contributed by atoms with Crippen LogP contribution in [0.2, 0.25) is 0 Å². The first-order valence-corrected chi connectivity index (χ1v) is 7.65. The molecule has 0 aliphatic carbocycles. The monoisotopic (exact) mass is 325 g/mol. The Kier molecular flexibility index (Phi) is 5.40. The van der Waals surface area contributed by atoms with Gasteiger partial charge in [0.25, 0.3) is 0 Å². The standard InChI is InChI=1S/C15H20BrNO2/c16-14-7-2-1-5-12(14)11-17-10-4-3-6-13(17)8-9-15(18)19/h1-2,5,7,13H,3-4,6,8-11H2,(H,18,19). The third-order valence-electron chi connectivity index (χ3n) is 3.77. The van der Waals surface area contributed by atoms with Gasteiger partial charge in [-0.3, -0.25) is 9.69 Å². The molecular weight excluding hydrogens is 306 g/mol. The lowest BCUT2D eigenvalue weighted by atomic mass is 9.97. The van der Waals surface area contributed by atoms with Gasteiger partial charge in [0.05, 0.1) is 0 Å². The van der Waals surface area contributed by atoms with Gasteiger partial charge >= 0.3 is 5.97 Å². The summed E-state index contributed by atoms with van der Waals surface area (Å²) in [5, 5.41) is 8.84. The van der Waals surface area contributed by atoms with Crippen LogP contribution in [-0.2, 0) is 11.3 Å². The molecule has 1 unspecified atom stereocenters. The molecule has 0 spiro atoms. The Morgan fingerprint density at radius 3 is 2.89 bits per heavy atom. The largest absolute Gasteiger partial charge is 0.481 e. The normalized spacial score (nSPS) is 20.4. The van der Waals surface area contributed by atoms with Crippen molar-refractivity contribution in [1.29, 1.82) is 0 Å². The third-order valence-corrected chi connectivity index (χ3v) is 4.55. The summed E-state index contributed by atoms with van der Waals surface area (Å²) in [4.78, 5) is 13.2. The van der Waals surface area contributed by atoms with Gasteiger partial charge in [0.1, 0.15) is 0 Å². The fraction of sp³-hybridized carbons (Fsp3) is 0.533. The van der Waals surface area contributed by atoms with E-state index in [2.05, 4.69) is 39.0 Å². The van der Waals surface area contributed by atoms with Gasteiger partial charge in [-0.2, -0.15) is 0 Å². The summed E-state index contributed by atoms with van der Waals surface area (Å²) in [7, 11) is 0. The van der Waals surface area contributed by atoms with Gasteiger partial charge in [-0.25, -0.2) is 0 Å². The molecule has 1 atom stereocenters. The van der Waals surface area contributed by atoms with Crippen LogP contribution in [-0.4, -0.2) is 28.6 Å². The van der Waals surface area contributed by atoms with E-state index in [0.717, 1.165) is 30.4 Å². The number of aliphatic carboxylic acids is 1. The second kappa shape index (κ2) is 7.06. The molecular formula is C15H20BrNO2. The lowest BCUT2D eigenvalue weighted by Crippen LogP contribution is -2.39. The first kappa shape index (κ1) is 14.5. The van der Waals surface area contributed by atoms with Crippen LogP contribution in [0, 0.1) is 0 Å². The first-order chi connectivity index (χ1) is 9.16. The molecule has 104 valence electrons. The van der Waals surface area contributed by atoms with Crippen molar-refractivity contribution in [2.45, 2.75) is 44.7 Å². The zero-order chi connectivity index (χ0) is 13.7.